The Morgan fingerprint density at radius 3 is 2.58 bits per heavy atom. The number of nitrogens with one attached hydrogen (secondary N) is 1. The smallest absolute Gasteiger partial charge is 0.193 e. The number of rotatable bonds is 7. The van der Waals surface area contributed by atoms with Crippen molar-refractivity contribution in [1.29, 1.82) is 0 Å². The van der Waals surface area contributed by atoms with Gasteiger partial charge < -0.3 is 15.0 Å². The molecule has 0 aliphatic rings. The summed E-state index contributed by atoms with van der Waals surface area (Å²) in [7, 11) is 5.77. The molecule has 7 heteroatoms. The van der Waals surface area contributed by atoms with Crippen LogP contribution >= 0.6 is 11.6 Å². The van der Waals surface area contributed by atoms with Crippen LogP contribution in [0.25, 0.3) is 0 Å². The fourth-order valence-electron chi connectivity index (χ4n) is 2.80. The largest absolute Gasteiger partial charge is 0.492 e. The number of hydrogen-bond donors (Lipinski definition) is 1. The van der Waals surface area contributed by atoms with E-state index in [2.05, 4.69) is 34.2 Å². The Morgan fingerprint density at radius 1 is 1.31 bits per heavy atom. The third-order valence-corrected chi connectivity index (χ3v) is 4.65. The summed E-state index contributed by atoms with van der Waals surface area (Å²) in [5.41, 5.74) is 3.60. The summed E-state index contributed by atoms with van der Waals surface area (Å²) in [6, 6.07) is 7.38. The molecule has 142 valence electrons. The van der Waals surface area contributed by atoms with Gasteiger partial charge in [0.2, 0.25) is 0 Å². The molecule has 1 aromatic carbocycles. The van der Waals surface area contributed by atoms with Crippen LogP contribution in [0.15, 0.2) is 29.3 Å². The van der Waals surface area contributed by atoms with E-state index in [1.807, 2.05) is 43.0 Å². The zero-order chi connectivity index (χ0) is 19.1. The van der Waals surface area contributed by atoms with Crippen LogP contribution < -0.4 is 10.1 Å². The molecular formula is C19H28ClN5O. The van der Waals surface area contributed by atoms with Gasteiger partial charge in [0.25, 0.3) is 0 Å². The van der Waals surface area contributed by atoms with Gasteiger partial charge in [0.1, 0.15) is 12.4 Å². The Labute approximate surface area is 160 Å². The predicted molar refractivity (Wildman–Crippen MR) is 107 cm³/mol. The molecule has 0 spiro atoms. The molecule has 0 aliphatic heterocycles. The van der Waals surface area contributed by atoms with Crippen molar-refractivity contribution in [3.05, 3.63) is 46.2 Å². The maximum atomic E-state index is 5.88. The first-order valence-electron chi connectivity index (χ1n) is 8.71. The molecule has 0 amide bonds. The highest BCUT2D eigenvalue weighted by atomic mass is 35.5. The molecule has 1 heterocycles. The van der Waals surface area contributed by atoms with E-state index in [4.69, 9.17) is 16.3 Å². The molecule has 1 aromatic heterocycles. The van der Waals surface area contributed by atoms with Crippen molar-refractivity contribution in [3.8, 4) is 5.75 Å². The number of aromatic nitrogens is 2. The van der Waals surface area contributed by atoms with Crippen molar-refractivity contribution in [3.63, 3.8) is 0 Å². The summed E-state index contributed by atoms with van der Waals surface area (Å²) >= 11 is 5.88. The van der Waals surface area contributed by atoms with Crippen molar-refractivity contribution in [1.82, 2.24) is 20.0 Å². The van der Waals surface area contributed by atoms with E-state index in [1.54, 1.807) is 7.05 Å². The van der Waals surface area contributed by atoms with Crippen LogP contribution in [-0.2, 0) is 13.5 Å². The van der Waals surface area contributed by atoms with Gasteiger partial charge in [-0.25, -0.2) is 0 Å². The number of hydrogen-bond acceptors (Lipinski definition) is 3. The topological polar surface area (TPSA) is 54.7 Å². The minimum Gasteiger partial charge on any atom is -0.492 e. The van der Waals surface area contributed by atoms with Gasteiger partial charge in [-0.2, -0.15) is 5.10 Å². The number of benzene rings is 1. The number of aryl methyl sites for hydroxylation is 2. The highest BCUT2D eigenvalue weighted by Crippen LogP contribution is 2.15. The second-order valence-electron chi connectivity index (χ2n) is 6.22. The van der Waals surface area contributed by atoms with E-state index >= 15 is 0 Å². The molecule has 0 unspecified atom stereocenters. The average molecular weight is 378 g/mol. The van der Waals surface area contributed by atoms with Crippen molar-refractivity contribution in [2.24, 2.45) is 12.0 Å². The van der Waals surface area contributed by atoms with Crippen molar-refractivity contribution >= 4 is 17.6 Å². The summed E-state index contributed by atoms with van der Waals surface area (Å²) in [6.45, 7) is 6.26. The SMILES string of the molecule is CN=C(NCCc1c(C)nn(C)c1C)N(C)CCOc1ccc(Cl)cc1. The Kier molecular flexibility index (Phi) is 7.33. The summed E-state index contributed by atoms with van der Waals surface area (Å²) in [4.78, 5) is 6.40. The van der Waals surface area contributed by atoms with Crippen LogP contribution in [0.1, 0.15) is 17.0 Å². The Hall–Kier alpha value is -2.21. The normalized spacial score (nSPS) is 11.5. The zero-order valence-corrected chi connectivity index (χ0v) is 17.0. The van der Waals surface area contributed by atoms with Crippen LogP contribution in [0.2, 0.25) is 5.02 Å². The van der Waals surface area contributed by atoms with Gasteiger partial charge in [-0.3, -0.25) is 9.67 Å². The van der Waals surface area contributed by atoms with Gasteiger partial charge >= 0.3 is 0 Å². The van der Waals surface area contributed by atoms with E-state index in [0.29, 0.717) is 11.6 Å². The molecular weight excluding hydrogens is 350 g/mol. The molecule has 0 saturated heterocycles. The van der Waals surface area contributed by atoms with Gasteiger partial charge in [0.05, 0.1) is 12.2 Å². The fourth-order valence-corrected chi connectivity index (χ4v) is 2.93. The number of likely N-dealkylation sites (N-methyl/N-ethyl adjacent to an activating group) is 1. The van der Waals surface area contributed by atoms with E-state index in [0.717, 1.165) is 36.9 Å². The van der Waals surface area contributed by atoms with E-state index in [-0.39, 0.29) is 0 Å². The molecule has 26 heavy (non-hydrogen) atoms. The Morgan fingerprint density at radius 2 is 2.00 bits per heavy atom. The molecule has 2 rings (SSSR count). The molecule has 0 atom stereocenters. The second-order valence-corrected chi connectivity index (χ2v) is 6.66. The van der Waals surface area contributed by atoms with Gasteiger partial charge in [0, 0.05) is 38.4 Å². The van der Waals surface area contributed by atoms with E-state index < -0.39 is 0 Å². The second kappa shape index (κ2) is 9.48. The Bertz CT molecular complexity index is 739. The first-order chi connectivity index (χ1) is 12.4. The average Bonchev–Trinajstić information content (AvgIpc) is 2.86. The number of halogens is 1. The zero-order valence-electron chi connectivity index (χ0n) is 16.2. The first-order valence-corrected chi connectivity index (χ1v) is 9.09. The molecule has 0 aliphatic carbocycles. The van der Waals surface area contributed by atoms with Crippen LogP contribution in [0.3, 0.4) is 0 Å². The van der Waals surface area contributed by atoms with Crippen LogP contribution in [0.4, 0.5) is 0 Å². The number of ether oxygens (including phenoxy) is 1. The molecule has 0 fully saturated rings. The fraction of sp³-hybridized carbons (Fsp3) is 0.474. The third kappa shape index (κ3) is 5.39. The van der Waals surface area contributed by atoms with Crippen LogP contribution in [-0.4, -0.2) is 54.4 Å². The highest BCUT2D eigenvalue weighted by Gasteiger charge is 2.10. The quantitative estimate of drug-likeness (QED) is 0.595. The van der Waals surface area contributed by atoms with Crippen LogP contribution in [0, 0.1) is 13.8 Å². The lowest BCUT2D eigenvalue weighted by atomic mass is 10.1. The molecule has 2 aromatic rings. The van der Waals surface area contributed by atoms with Crippen molar-refractivity contribution in [2.45, 2.75) is 20.3 Å². The first kappa shape index (κ1) is 20.1. The van der Waals surface area contributed by atoms with Gasteiger partial charge in [-0.15, -0.1) is 0 Å². The lowest BCUT2D eigenvalue weighted by molar-refractivity contribution is 0.281. The lowest BCUT2D eigenvalue weighted by Gasteiger charge is -2.22. The molecule has 6 nitrogen and oxygen atoms in total. The number of nitrogens with zero attached hydrogens (tertiary/aromatic N) is 4. The maximum absolute atomic E-state index is 5.88. The Balaban J connectivity index is 1.77. The van der Waals surface area contributed by atoms with Crippen LogP contribution in [0.5, 0.6) is 5.75 Å². The monoisotopic (exact) mass is 377 g/mol. The molecule has 0 bridgehead atoms. The highest BCUT2D eigenvalue weighted by molar-refractivity contribution is 6.30. The van der Waals surface area contributed by atoms with E-state index in [1.165, 1.54) is 11.3 Å². The molecule has 1 N–H and O–H groups in total. The summed E-state index contributed by atoms with van der Waals surface area (Å²) in [6.07, 6.45) is 0.916. The standard InChI is InChI=1S/C19H28ClN5O/c1-14-18(15(2)25(5)23-14)10-11-22-19(21-3)24(4)12-13-26-17-8-6-16(20)7-9-17/h6-9H,10-13H2,1-5H3,(H,21,22). The van der Waals surface area contributed by atoms with Gasteiger partial charge in [-0.05, 0) is 50.1 Å². The summed E-state index contributed by atoms with van der Waals surface area (Å²) < 4.78 is 7.67. The van der Waals surface area contributed by atoms with Gasteiger partial charge in [-0.1, -0.05) is 11.6 Å². The molecule has 0 saturated carbocycles. The minimum absolute atomic E-state index is 0.569. The minimum atomic E-state index is 0.569. The molecule has 0 radical (unpaired) electrons. The third-order valence-electron chi connectivity index (χ3n) is 4.40. The summed E-state index contributed by atoms with van der Waals surface area (Å²) in [5, 5.41) is 8.57. The van der Waals surface area contributed by atoms with E-state index in [9.17, 15) is 0 Å². The number of aliphatic imine (C=N–C) groups is 1. The van der Waals surface area contributed by atoms with Crippen molar-refractivity contribution in [2.75, 3.05) is 33.8 Å². The predicted octanol–water partition coefficient (Wildman–Crippen LogP) is 2.82. The van der Waals surface area contributed by atoms with Gasteiger partial charge in [0.15, 0.2) is 5.96 Å². The summed E-state index contributed by atoms with van der Waals surface area (Å²) in [5.74, 6) is 1.66. The van der Waals surface area contributed by atoms with Crippen molar-refractivity contribution < 1.29 is 4.74 Å². The lowest BCUT2D eigenvalue weighted by Crippen LogP contribution is -2.41. The maximum Gasteiger partial charge on any atom is 0.193 e. The number of guanidine groups is 1.